The van der Waals surface area contributed by atoms with Gasteiger partial charge in [-0.3, -0.25) is 14.9 Å². The average molecular weight is 272 g/mol. The largest absolute Gasteiger partial charge is 0.396 e. The number of aliphatic hydroxyl groups is 1. The molecule has 1 N–H and O–H groups in total. The summed E-state index contributed by atoms with van der Waals surface area (Å²) < 4.78 is 0. The number of rotatable bonds is 6. The standard InChI is InChI=1S/C12H14ClNO4/c1-8(16)9(4-5-15)6-10-2-3-11(13)7-12(10)14(17)18/h2-3,7,9,15H,4-6H2,1H3. The van der Waals surface area contributed by atoms with Crippen LogP contribution < -0.4 is 0 Å². The van der Waals surface area contributed by atoms with Crippen molar-refractivity contribution in [1.82, 2.24) is 0 Å². The Kier molecular flexibility index (Phi) is 5.25. The number of hydrogen-bond donors (Lipinski definition) is 1. The van der Waals surface area contributed by atoms with Crippen LogP contribution in [0.1, 0.15) is 18.9 Å². The molecule has 1 atom stereocenters. The molecule has 6 heteroatoms. The Morgan fingerprint density at radius 3 is 2.72 bits per heavy atom. The van der Waals surface area contributed by atoms with E-state index in [4.69, 9.17) is 16.7 Å². The van der Waals surface area contributed by atoms with Gasteiger partial charge in [-0.05, 0) is 25.8 Å². The van der Waals surface area contributed by atoms with E-state index in [1.54, 1.807) is 12.1 Å². The Balaban J connectivity index is 3.01. The number of nitro benzene ring substituents is 1. The summed E-state index contributed by atoms with van der Waals surface area (Å²) >= 11 is 5.71. The molecule has 0 spiro atoms. The maximum absolute atomic E-state index is 11.4. The molecular weight excluding hydrogens is 258 g/mol. The van der Waals surface area contributed by atoms with E-state index in [1.807, 2.05) is 0 Å². The summed E-state index contributed by atoms with van der Waals surface area (Å²) in [5.41, 5.74) is 0.365. The van der Waals surface area contributed by atoms with Crippen LogP contribution in [0.15, 0.2) is 18.2 Å². The molecule has 1 aromatic carbocycles. The molecule has 0 aromatic heterocycles. The number of aliphatic hydroxyl groups excluding tert-OH is 1. The van der Waals surface area contributed by atoms with Crippen molar-refractivity contribution in [2.24, 2.45) is 5.92 Å². The predicted molar refractivity (Wildman–Crippen MR) is 67.7 cm³/mol. The monoisotopic (exact) mass is 271 g/mol. The zero-order chi connectivity index (χ0) is 13.7. The number of nitrogens with zero attached hydrogens (tertiary/aromatic N) is 1. The molecule has 1 unspecified atom stereocenters. The predicted octanol–water partition coefficient (Wildman–Crippen LogP) is 2.38. The van der Waals surface area contributed by atoms with Crippen LogP contribution in [0.5, 0.6) is 0 Å². The highest BCUT2D eigenvalue weighted by Gasteiger charge is 2.21. The third-order valence-corrected chi connectivity index (χ3v) is 3.00. The van der Waals surface area contributed by atoms with Crippen LogP contribution in [0.25, 0.3) is 0 Å². The molecular formula is C12H14ClNO4. The fraction of sp³-hybridized carbons (Fsp3) is 0.417. The van der Waals surface area contributed by atoms with E-state index in [-0.39, 0.29) is 29.5 Å². The summed E-state index contributed by atoms with van der Waals surface area (Å²) in [6, 6.07) is 4.38. The van der Waals surface area contributed by atoms with Gasteiger partial charge in [0.25, 0.3) is 5.69 Å². The quantitative estimate of drug-likeness (QED) is 0.636. The number of carbonyl (C=O) groups is 1. The van der Waals surface area contributed by atoms with E-state index >= 15 is 0 Å². The van der Waals surface area contributed by atoms with E-state index in [2.05, 4.69) is 0 Å². The molecule has 0 radical (unpaired) electrons. The Bertz CT molecular complexity index is 461. The van der Waals surface area contributed by atoms with E-state index in [0.29, 0.717) is 12.0 Å². The van der Waals surface area contributed by atoms with Gasteiger partial charge in [-0.1, -0.05) is 17.7 Å². The van der Waals surface area contributed by atoms with Crippen molar-refractivity contribution >= 4 is 23.1 Å². The van der Waals surface area contributed by atoms with Gasteiger partial charge in [-0.25, -0.2) is 0 Å². The highest BCUT2D eigenvalue weighted by Crippen LogP contribution is 2.26. The van der Waals surface area contributed by atoms with Crippen molar-refractivity contribution in [1.29, 1.82) is 0 Å². The lowest BCUT2D eigenvalue weighted by atomic mass is 9.92. The second-order valence-electron chi connectivity index (χ2n) is 4.05. The van der Waals surface area contributed by atoms with Gasteiger partial charge in [0.05, 0.1) is 4.92 Å². The van der Waals surface area contributed by atoms with Crippen molar-refractivity contribution in [3.05, 3.63) is 38.9 Å². The first kappa shape index (κ1) is 14.6. The maximum Gasteiger partial charge on any atom is 0.274 e. The lowest BCUT2D eigenvalue weighted by Gasteiger charge is -2.12. The first-order valence-corrected chi connectivity index (χ1v) is 5.87. The number of ketones is 1. The van der Waals surface area contributed by atoms with Crippen LogP contribution >= 0.6 is 11.6 Å². The van der Waals surface area contributed by atoms with Gasteiger partial charge in [0.15, 0.2) is 0 Å². The second kappa shape index (κ2) is 6.47. The van der Waals surface area contributed by atoms with Crippen LogP contribution in [0, 0.1) is 16.0 Å². The van der Waals surface area contributed by atoms with Gasteiger partial charge in [-0.2, -0.15) is 0 Å². The van der Waals surface area contributed by atoms with E-state index in [0.717, 1.165) is 0 Å². The van der Waals surface area contributed by atoms with Crippen molar-refractivity contribution in [3.63, 3.8) is 0 Å². The summed E-state index contributed by atoms with van der Waals surface area (Å²) in [5, 5.41) is 20.1. The number of halogens is 1. The highest BCUT2D eigenvalue weighted by molar-refractivity contribution is 6.30. The van der Waals surface area contributed by atoms with Gasteiger partial charge in [0.1, 0.15) is 5.78 Å². The Morgan fingerprint density at radius 2 is 2.22 bits per heavy atom. The van der Waals surface area contributed by atoms with Crippen LogP contribution in [0.3, 0.4) is 0 Å². The molecule has 1 rings (SSSR count). The Labute approximate surface area is 110 Å². The number of Topliss-reactive ketones (excluding diaryl/α,β-unsaturated/α-hetero) is 1. The van der Waals surface area contributed by atoms with E-state index < -0.39 is 10.8 Å². The molecule has 5 nitrogen and oxygen atoms in total. The molecule has 0 saturated carbocycles. The van der Waals surface area contributed by atoms with Crippen molar-refractivity contribution in [2.45, 2.75) is 19.8 Å². The van der Waals surface area contributed by atoms with Gasteiger partial charge in [0, 0.05) is 29.2 Å². The summed E-state index contributed by atoms with van der Waals surface area (Å²) in [4.78, 5) is 21.8. The Morgan fingerprint density at radius 1 is 1.56 bits per heavy atom. The lowest BCUT2D eigenvalue weighted by Crippen LogP contribution is -2.16. The molecule has 0 bridgehead atoms. The molecule has 18 heavy (non-hydrogen) atoms. The lowest BCUT2D eigenvalue weighted by molar-refractivity contribution is -0.385. The second-order valence-corrected chi connectivity index (χ2v) is 4.49. The minimum atomic E-state index is -0.517. The molecule has 98 valence electrons. The number of nitro groups is 1. The van der Waals surface area contributed by atoms with Crippen LogP contribution in [-0.2, 0) is 11.2 Å². The molecule has 0 saturated heterocycles. The van der Waals surface area contributed by atoms with Crippen LogP contribution in [-0.4, -0.2) is 22.4 Å². The fourth-order valence-corrected chi connectivity index (χ4v) is 1.92. The Hall–Kier alpha value is -1.46. The topological polar surface area (TPSA) is 80.4 Å². The van der Waals surface area contributed by atoms with Gasteiger partial charge >= 0.3 is 0 Å². The SMILES string of the molecule is CC(=O)C(CCO)Cc1ccc(Cl)cc1[N+](=O)[O-]. The van der Waals surface area contributed by atoms with Crippen molar-refractivity contribution < 1.29 is 14.8 Å². The van der Waals surface area contributed by atoms with Gasteiger partial charge < -0.3 is 5.11 Å². The van der Waals surface area contributed by atoms with Crippen LogP contribution in [0.2, 0.25) is 5.02 Å². The van der Waals surface area contributed by atoms with Crippen molar-refractivity contribution in [2.75, 3.05) is 6.61 Å². The first-order chi connectivity index (χ1) is 8.45. The van der Waals surface area contributed by atoms with Gasteiger partial charge in [-0.15, -0.1) is 0 Å². The minimum absolute atomic E-state index is 0.0895. The minimum Gasteiger partial charge on any atom is -0.396 e. The van der Waals surface area contributed by atoms with Gasteiger partial charge in [0.2, 0.25) is 0 Å². The average Bonchev–Trinajstić information content (AvgIpc) is 2.30. The number of benzene rings is 1. The zero-order valence-electron chi connectivity index (χ0n) is 9.93. The molecule has 1 aromatic rings. The molecule has 0 heterocycles. The normalized spacial score (nSPS) is 12.2. The van der Waals surface area contributed by atoms with Crippen LogP contribution in [0.4, 0.5) is 5.69 Å². The summed E-state index contributed by atoms with van der Waals surface area (Å²) in [6.45, 7) is 1.30. The molecule has 0 fully saturated rings. The van der Waals surface area contributed by atoms with Crippen molar-refractivity contribution in [3.8, 4) is 0 Å². The first-order valence-electron chi connectivity index (χ1n) is 5.49. The zero-order valence-corrected chi connectivity index (χ0v) is 10.7. The van der Waals surface area contributed by atoms with E-state index in [1.165, 1.54) is 13.0 Å². The smallest absolute Gasteiger partial charge is 0.274 e. The maximum atomic E-state index is 11.4. The molecule has 0 aliphatic rings. The fourth-order valence-electron chi connectivity index (χ4n) is 1.75. The highest BCUT2D eigenvalue weighted by atomic mass is 35.5. The molecule has 0 aliphatic carbocycles. The molecule has 0 aliphatic heterocycles. The molecule has 0 amide bonds. The van der Waals surface area contributed by atoms with E-state index in [9.17, 15) is 14.9 Å². The number of carbonyl (C=O) groups excluding carboxylic acids is 1. The summed E-state index contributed by atoms with van der Waals surface area (Å²) in [7, 11) is 0. The summed E-state index contributed by atoms with van der Waals surface area (Å²) in [5.74, 6) is -0.497. The third-order valence-electron chi connectivity index (χ3n) is 2.76. The summed E-state index contributed by atoms with van der Waals surface area (Å²) in [6.07, 6.45) is 0.540. The third kappa shape index (κ3) is 3.78. The number of hydrogen-bond acceptors (Lipinski definition) is 4.